The molecular formula is C19H38N2O6. The number of hydrogen-bond acceptors (Lipinski definition) is 6. The van der Waals surface area contributed by atoms with E-state index >= 15 is 0 Å². The molecule has 0 aromatic carbocycles. The van der Waals surface area contributed by atoms with E-state index < -0.39 is 0 Å². The molecule has 0 unspecified atom stereocenters. The molecule has 2 N–H and O–H groups in total. The molecule has 0 aromatic heterocycles. The van der Waals surface area contributed by atoms with Crippen LogP contribution < -0.4 is 10.6 Å². The van der Waals surface area contributed by atoms with Gasteiger partial charge in [0, 0.05) is 39.1 Å². The number of carbonyl (C=O) groups excluding carboxylic acids is 2. The summed E-state index contributed by atoms with van der Waals surface area (Å²) in [7, 11) is 0. The van der Waals surface area contributed by atoms with Crippen molar-refractivity contribution >= 4 is 11.8 Å². The summed E-state index contributed by atoms with van der Waals surface area (Å²) in [6.45, 7) is 9.52. The minimum absolute atomic E-state index is 0.0251. The first kappa shape index (κ1) is 25.8. The Morgan fingerprint density at radius 2 is 1.00 bits per heavy atom. The van der Waals surface area contributed by atoms with Crippen LogP contribution in [0.15, 0.2) is 0 Å². The van der Waals surface area contributed by atoms with Gasteiger partial charge in [-0.1, -0.05) is 6.42 Å². The second-order valence-electron chi connectivity index (χ2n) is 5.88. The van der Waals surface area contributed by atoms with Crippen molar-refractivity contribution in [3.63, 3.8) is 0 Å². The van der Waals surface area contributed by atoms with E-state index in [-0.39, 0.29) is 11.8 Å². The molecule has 0 spiro atoms. The molecule has 160 valence electrons. The van der Waals surface area contributed by atoms with Crippen LogP contribution in [0, 0.1) is 0 Å². The van der Waals surface area contributed by atoms with Crippen LogP contribution in [0.5, 0.6) is 0 Å². The summed E-state index contributed by atoms with van der Waals surface area (Å²) in [5, 5.41) is 5.64. The van der Waals surface area contributed by atoms with Gasteiger partial charge in [0.25, 0.3) is 0 Å². The summed E-state index contributed by atoms with van der Waals surface area (Å²) in [4.78, 5) is 23.3. The third kappa shape index (κ3) is 20.9. The summed E-state index contributed by atoms with van der Waals surface area (Å²) in [6.07, 6.45) is 3.38. The molecule has 2 amide bonds. The SMILES string of the molecule is CCOCCOCCNC(=O)CCCCCC(=O)NCCOCCOCC. The fourth-order valence-corrected chi connectivity index (χ4v) is 2.18. The van der Waals surface area contributed by atoms with Gasteiger partial charge in [-0.2, -0.15) is 0 Å². The zero-order valence-electron chi connectivity index (χ0n) is 17.1. The lowest BCUT2D eigenvalue weighted by atomic mass is 10.1. The van der Waals surface area contributed by atoms with Gasteiger partial charge >= 0.3 is 0 Å². The van der Waals surface area contributed by atoms with Crippen LogP contribution in [0.1, 0.15) is 46.0 Å². The molecule has 8 heteroatoms. The van der Waals surface area contributed by atoms with Crippen LogP contribution in [0.3, 0.4) is 0 Å². The van der Waals surface area contributed by atoms with Crippen molar-refractivity contribution in [2.45, 2.75) is 46.0 Å². The maximum Gasteiger partial charge on any atom is 0.220 e. The second-order valence-corrected chi connectivity index (χ2v) is 5.88. The summed E-state index contributed by atoms with van der Waals surface area (Å²) >= 11 is 0. The lowest BCUT2D eigenvalue weighted by molar-refractivity contribution is -0.121. The Bertz CT molecular complexity index is 323. The highest BCUT2D eigenvalue weighted by Crippen LogP contribution is 2.03. The van der Waals surface area contributed by atoms with Crippen molar-refractivity contribution in [2.75, 3.05) is 65.9 Å². The molecule has 0 fully saturated rings. The molecule has 0 aliphatic heterocycles. The van der Waals surface area contributed by atoms with Gasteiger partial charge in [0.05, 0.1) is 39.6 Å². The summed E-state index contributed by atoms with van der Waals surface area (Å²) in [5.74, 6) is 0.0501. The number of carbonyl (C=O) groups is 2. The number of nitrogens with one attached hydrogen (secondary N) is 2. The van der Waals surface area contributed by atoms with E-state index in [1.54, 1.807) is 0 Å². The van der Waals surface area contributed by atoms with Gasteiger partial charge in [-0.25, -0.2) is 0 Å². The molecule has 0 atom stereocenters. The van der Waals surface area contributed by atoms with Gasteiger partial charge < -0.3 is 29.6 Å². The molecule has 0 aromatic rings. The van der Waals surface area contributed by atoms with Gasteiger partial charge in [0.2, 0.25) is 11.8 Å². The highest BCUT2D eigenvalue weighted by Gasteiger charge is 2.03. The fourth-order valence-electron chi connectivity index (χ4n) is 2.18. The molecule has 0 radical (unpaired) electrons. The summed E-state index contributed by atoms with van der Waals surface area (Å²) in [6, 6.07) is 0. The highest BCUT2D eigenvalue weighted by molar-refractivity contribution is 5.76. The average molecular weight is 391 g/mol. The average Bonchev–Trinajstić information content (AvgIpc) is 2.66. The molecular weight excluding hydrogens is 352 g/mol. The zero-order chi connectivity index (χ0) is 20.0. The number of ether oxygens (including phenoxy) is 4. The first-order valence-corrected chi connectivity index (χ1v) is 10.0. The topological polar surface area (TPSA) is 95.1 Å². The van der Waals surface area contributed by atoms with E-state index in [1.807, 2.05) is 13.8 Å². The minimum Gasteiger partial charge on any atom is -0.379 e. The summed E-state index contributed by atoms with van der Waals surface area (Å²) in [5.41, 5.74) is 0. The van der Waals surface area contributed by atoms with E-state index in [0.717, 1.165) is 19.3 Å². The first-order chi connectivity index (χ1) is 13.2. The monoisotopic (exact) mass is 390 g/mol. The minimum atomic E-state index is 0.0251. The van der Waals surface area contributed by atoms with E-state index in [2.05, 4.69) is 10.6 Å². The van der Waals surface area contributed by atoms with E-state index in [1.165, 1.54) is 0 Å². The Hall–Kier alpha value is -1.22. The largest absolute Gasteiger partial charge is 0.379 e. The predicted molar refractivity (Wildman–Crippen MR) is 104 cm³/mol. The zero-order valence-corrected chi connectivity index (χ0v) is 17.1. The van der Waals surface area contributed by atoms with Crippen LogP contribution in [-0.2, 0) is 28.5 Å². The molecule has 0 saturated heterocycles. The second kappa shape index (κ2) is 21.1. The Balaban J connectivity index is 3.29. The number of amides is 2. The smallest absolute Gasteiger partial charge is 0.220 e. The summed E-state index contributed by atoms with van der Waals surface area (Å²) < 4.78 is 20.9. The van der Waals surface area contributed by atoms with Gasteiger partial charge in [0.15, 0.2) is 0 Å². The third-order valence-corrected chi connectivity index (χ3v) is 3.60. The standard InChI is InChI=1S/C19H38N2O6/c1-3-24-14-16-26-12-10-20-18(22)8-6-5-7-9-19(23)21-11-13-27-17-15-25-4-2/h3-17H2,1-2H3,(H,20,22)(H,21,23). The van der Waals surface area contributed by atoms with Crippen LogP contribution >= 0.6 is 0 Å². The molecule has 27 heavy (non-hydrogen) atoms. The van der Waals surface area contributed by atoms with Crippen LogP contribution in [0.4, 0.5) is 0 Å². The maximum absolute atomic E-state index is 11.7. The van der Waals surface area contributed by atoms with Crippen LogP contribution in [0.25, 0.3) is 0 Å². The number of rotatable bonds is 20. The Labute approximate surface area is 163 Å². The normalized spacial score (nSPS) is 10.7. The van der Waals surface area contributed by atoms with Crippen LogP contribution in [0.2, 0.25) is 0 Å². The van der Waals surface area contributed by atoms with Gasteiger partial charge in [-0.15, -0.1) is 0 Å². The van der Waals surface area contributed by atoms with Crippen molar-refractivity contribution in [3.05, 3.63) is 0 Å². The quantitative estimate of drug-likeness (QED) is 0.304. The lowest BCUT2D eigenvalue weighted by Crippen LogP contribution is -2.28. The maximum atomic E-state index is 11.7. The molecule has 0 bridgehead atoms. The molecule has 0 heterocycles. The molecule has 0 aliphatic carbocycles. The van der Waals surface area contributed by atoms with Crippen molar-refractivity contribution in [1.29, 1.82) is 0 Å². The number of hydrogen-bond donors (Lipinski definition) is 2. The van der Waals surface area contributed by atoms with E-state index in [0.29, 0.717) is 78.8 Å². The van der Waals surface area contributed by atoms with Crippen molar-refractivity contribution in [2.24, 2.45) is 0 Å². The lowest BCUT2D eigenvalue weighted by Gasteiger charge is -2.07. The van der Waals surface area contributed by atoms with Gasteiger partial charge in [-0.05, 0) is 26.7 Å². The van der Waals surface area contributed by atoms with Gasteiger partial charge in [-0.3, -0.25) is 9.59 Å². The number of unbranched alkanes of at least 4 members (excludes halogenated alkanes) is 2. The first-order valence-electron chi connectivity index (χ1n) is 10.0. The Kier molecular flexibility index (Phi) is 20.1. The van der Waals surface area contributed by atoms with Gasteiger partial charge in [0.1, 0.15) is 0 Å². The highest BCUT2D eigenvalue weighted by atomic mass is 16.5. The molecule has 0 rings (SSSR count). The van der Waals surface area contributed by atoms with Crippen molar-refractivity contribution in [3.8, 4) is 0 Å². The van der Waals surface area contributed by atoms with E-state index in [9.17, 15) is 9.59 Å². The Morgan fingerprint density at radius 1 is 0.593 bits per heavy atom. The molecule has 8 nitrogen and oxygen atoms in total. The predicted octanol–water partition coefficient (Wildman–Crippen LogP) is 1.28. The van der Waals surface area contributed by atoms with Crippen molar-refractivity contribution < 1.29 is 28.5 Å². The molecule has 0 aliphatic rings. The van der Waals surface area contributed by atoms with Crippen LogP contribution in [-0.4, -0.2) is 77.8 Å². The third-order valence-electron chi connectivity index (χ3n) is 3.60. The van der Waals surface area contributed by atoms with Crippen molar-refractivity contribution in [1.82, 2.24) is 10.6 Å². The molecule has 0 saturated carbocycles. The Morgan fingerprint density at radius 3 is 1.41 bits per heavy atom. The van der Waals surface area contributed by atoms with E-state index in [4.69, 9.17) is 18.9 Å². The fraction of sp³-hybridized carbons (Fsp3) is 0.895.